The molecule has 0 N–H and O–H groups in total. The van der Waals surface area contributed by atoms with Gasteiger partial charge in [0.15, 0.2) is 0 Å². The molecule has 0 aliphatic heterocycles. The van der Waals surface area contributed by atoms with Crippen LogP contribution in [0.15, 0.2) is 83.0 Å². The molecule has 0 aromatic heterocycles. The Kier molecular flexibility index (Phi) is 10.9. The fourth-order valence-corrected chi connectivity index (χ4v) is 9.09. The minimum Gasteiger partial charge on any atom is -0.469 e. The lowest BCUT2D eigenvalue weighted by Gasteiger charge is -2.44. The van der Waals surface area contributed by atoms with E-state index in [0.29, 0.717) is 6.42 Å². The molecule has 0 radical (unpaired) electrons. The number of methoxy groups -OCH3 is 1. The summed E-state index contributed by atoms with van der Waals surface area (Å²) in [5.74, 6) is -0.154. The van der Waals surface area contributed by atoms with Crippen molar-refractivity contribution in [1.29, 1.82) is 0 Å². The van der Waals surface area contributed by atoms with Crippen molar-refractivity contribution in [2.45, 2.75) is 57.6 Å². The van der Waals surface area contributed by atoms with Gasteiger partial charge in [0.05, 0.1) is 13.2 Å². The number of unbranched alkanes of at least 4 members (excludes halogenated alkanes) is 1. The van der Waals surface area contributed by atoms with Crippen LogP contribution < -0.4 is 10.4 Å². The maximum atomic E-state index is 11.3. The Labute approximate surface area is 208 Å². The van der Waals surface area contributed by atoms with Crippen molar-refractivity contribution >= 4 is 47.3 Å². The molecule has 5 heteroatoms. The van der Waals surface area contributed by atoms with Crippen LogP contribution in [0.1, 0.15) is 46.5 Å². The van der Waals surface area contributed by atoms with Gasteiger partial charge >= 0.3 is 5.97 Å². The Bertz CT molecular complexity index is 833. The number of hydrogen-bond acceptors (Lipinski definition) is 3. The van der Waals surface area contributed by atoms with Crippen LogP contribution >= 0.6 is 22.6 Å². The standard InChI is InChI=1S/C27H35IO3Si/c1-27(2,3)32(24-16-10-7-11-17-24,25-18-12-8-13-19-25)31-23(21-22-28)15-9-5-6-14-20-26(29)30-4/h5,7-13,16-19,21-23H,6,14-15,20H2,1-4H3/b9-5-,22-21+/t23-/m1/s1. The summed E-state index contributed by atoms with van der Waals surface area (Å²) in [4.78, 5) is 11.3. The summed E-state index contributed by atoms with van der Waals surface area (Å²) < 4.78 is 14.0. The normalized spacial score (nSPS) is 13.5. The summed E-state index contributed by atoms with van der Waals surface area (Å²) in [5, 5.41) is 2.51. The number of benzene rings is 2. The van der Waals surface area contributed by atoms with Gasteiger partial charge < -0.3 is 9.16 Å². The minimum absolute atomic E-state index is 0.0324. The van der Waals surface area contributed by atoms with Crippen LogP contribution in [-0.2, 0) is 14.0 Å². The number of allylic oxidation sites excluding steroid dienone is 1. The van der Waals surface area contributed by atoms with Gasteiger partial charge in [0.1, 0.15) is 0 Å². The molecule has 0 amide bonds. The largest absolute Gasteiger partial charge is 0.469 e. The molecule has 1 atom stereocenters. The summed E-state index contributed by atoms with van der Waals surface area (Å²) >= 11 is 2.27. The van der Waals surface area contributed by atoms with Crippen molar-refractivity contribution < 1.29 is 14.0 Å². The van der Waals surface area contributed by atoms with E-state index in [1.54, 1.807) is 0 Å². The number of halogens is 1. The second-order valence-electron chi connectivity index (χ2n) is 8.81. The van der Waals surface area contributed by atoms with Crippen LogP contribution in [-0.4, -0.2) is 27.5 Å². The molecule has 0 saturated heterocycles. The highest BCUT2D eigenvalue weighted by Crippen LogP contribution is 2.38. The summed E-state index contributed by atoms with van der Waals surface area (Å²) in [7, 11) is -1.16. The van der Waals surface area contributed by atoms with Crippen LogP contribution in [0.25, 0.3) is 0 Å². The molecule has 0 unspecified atom stereocenters. The molecule has 0 spiro atoms. The molecule has 3 nitrogen and oxygen atoms in total. The van der Waals surface area contributed by atoms with Gasteiger partial charge in [0.25, 0.3) is 8.32 Å². The molecule has 2 aromatic carbocycles. The Morgan fingerprint density at radius 1 is 1.00 bits per heavy atom. The fraction of sp³-hybridized carbons (Fsp3) is 0.370. The molecule has 0 aliphatic rings. The van der Waals surface area contributed by atoms with Gasteiger partial charge in [-0.05, 0) is 38.8 Å². The number of carbonyl (C=O) groups is 1. The zero-order chi connectivity index (χ0) is 23.5. The molecular weight excluding hydrogens is 527 g/mol. The van der Waals surface area contributed by atoms with Crippen molar-refractivity contribution in [3.05, 3.63) is 83.0 Å². The van der Waals surface area contributed by atoms with Gasteiger partial charge in [-0.3, -0.25) is 4.79 Å². The van der Waals surface area contributed by atoms with Crippen molar-refractivity contribution in [3.8, 4) is 0 Å². The third kappa shape index (κ3) is 7.15. The molecule has 2 rings (SSSR count). The highest BCUT2D eigenvalue weighted by molar-refractivity contribution is 14.1. The average Bonchev–Trinajstić information content (AvgIpc) is 2.79. The Morgan fingerprint density at radius 2 is 1.56 bits per heavy atom. The second kappa shape index (κ2) is 13.1. The number of rotatable bonds is 11. The van der Waals surface area contributed by atoms with E-state index < -0.39 is 8.32 Å². The van der Waals surface area contributed by atoms with Crippen molar-refractivity contribution in [3.63, 3.8) is 0 Å². The first-order valence-electron chi connectivity index (χ1n) is 11.1. The lowest BCUT2D eigenvalue weighted by molar-refractivity contribution is -0.140. The molecular formula is C27H35IO3Si. The number of ether oxygens (including phenoxy) is 1. The summed E-state index contributed by atoms with van der Waals surface area (Å²) in [6.07, 6.45) is 9.34. The van der Waals surface area contributed by atoms with Gasteiger partial charge in [-0.15, -0.1) is 0 Å². The maximum Gasteiger partial charge on any atom is 0.305 e. The predicted octanol–water partition coefficient (Wildman–Crippen LogP) is 6.17. The molecule has 32 heavy (non-hydrogen) atoms. The van der Waals surface area contributed by atoms with Crippen LogP contribution in [0.3, 0.4) is 0 Å². The van der Waals surface area contributed by atoms with E-state index >= 15 is 0 Å². The number of hydrogen-bond donors (Lipinski definition) is 0. The van der Waals surface area contributed by atoms with Gasteiger partial charge in [0, 0.05) is 6.42 Å². The van der Waals surface area contributed by atoms with Crippen molar-refractivity contribution in [2.75, 3.05) is 7.11 Å². The highest BCUT2D eigenvalue weighted by atomic mass is 127. The predicted molar refractivity (Wildman–Crippen MR) is 145 cm³/mol. The zero-order valence-electron chi connectivity index (χ0n) is 19.6. The SMILES string of the molecule is COC(=O)CCC/C=C\C[C@H](/C=C/I)O[Si](c1ccccc1)(c1ccccc1)C(C)(C)C. The molecule has 172 valence electrons. The Balaban J connectivity index is 2.33. The summed E-state index contributed by atoms with van der Waals surface area (Å²) in [6.45, 7) is 6.89. The van der Waals surface area contributed by atoms with Gasteiger partial charge in [-0.25, -0.2) is 0 Å². The van der Waals surface area contributed by atoms with Crippen molar-refractivity contribution in [2.24, 2.45) is 0 Å². The second-order valence-corrected chi connectivity index (χ2v) is 13.8. The maximum absolute atomic E-state index is 11.3. The molecule has 0 heterocycles. The zero-order valence-corrected chi connectivity index (χ0v) is 22.7. The van der Waals surface area contributed by atoms with Crippen LogP contribution in [0.5, 0.6) is 0 Å². The minimum atomic E-state index is -2.59. The van der Waals surface area contributed by atoms with Gasteiger partial charge in [-0.1, -0.05) is 122 Å². The van der Waals surface area contributed by atoms with Crippen LogP contribution in [0.2, 0.25) is 5.04 Å². The molecule has 2 aromatic rings. The first-order chi connectivity index (χ1) is 15.3. The van der Waals surface area contributed by atoms with E-state index in [4.69, 9.17) is 9.16 Å². The average molecular weight is 563 g/mol. The van der Waals surface area contributed by atoms with E-state index in [0.717, 1.165) is 19.3 Å². The topological polar surface area (TPSA) is 35.5 Å². The third-order valence-electron chi connectivity index (χ3n) is 5.55. The molecule has 0 aliphatic carbocycles. The third-order valence-corrected chi connectivity index (χ3v) is 11.0. The lowest BCUT2D eigenvalue weighted by Crippen LogP contribution is -2.67. The Hall–Kier alpha value is -1.70. The smallest absolute Gasteiger partial charge is 0.305 e. The summed E-state index contributed by atoms with van der Waals surface area (Å²) in [5.41, 5.74) is 0. The van der Waals surface area contributed by atoms with E-state index in [2.05, 4.69) is 122 Å². The van der Waals surface area contributed by atoms with Crippen LogP contribution in [0, 0.1) is 0 Å². The first-order valence-corrected chi connectivity index (χ1v) is 14.3. The monoisotopic (exact) mass is 562 g/mol. The number of esters is 1. The Morgan fingerprint density at radius 3 is 2.03 bits per heavy atom. The molecule has 0 fully saturated rings. The van der Waals surface area contributed by atoms with Gasteiger partial charge in [0.2, 0.25) is 0 Å². The fourth-order valence-electron chi connectivity index (χ4n) is 3.98. The van der Waals surface area contributed by atoms with E-state index in [1.807, 2.05) is 4.08 Å². The van der Waals surface area contributed by atoms with E-state index in [-0.39, 0.29) is 17.1 Å². The molecule has 0 saturated carbocycles. The summed E-state index contributed by atoms with van der Waals surface area (Å²) in [6, 6.07) is 21.5. The van der Waals surface area contributed by atoms with Gasteiger partial charge in [-0.2, -0.15) is 0 Å². The molecule has 0 bridgehead atoms. The quantitative estimate of drug-likeness (QED) is 0.108. The first kappa shape index (κ1) is 26.5. The number of carbonyl (C=O) groups excluding carboxylic acids is 1. The van der Waals surface area contributed by atoms with Crippen molar-refractivity contribution in [1.82, 2.24) is 0 Å². The lowest BCUT2D eigenvalue weighted by atomic mass is 10.2. The van der Waals surface area contributed by atoms with Crippen LogP contribution in [0.4, 0.5) is 0 Å². The van der Waals surface area contributed by atoms with E-state index in [1.165, 1.54) is 17.5 Å². The van der Waals surface area contributed by atoms with E-state index in [9.17, 15) is 4.79 Å². The highest BCUT2D eigenvalue weighted by Gasteiger charge is 2.51.